The van der Waals surface area contributed by atoms with Gasteiger partial charge in [0.1, 0.15) is 5.82 Å². The van der Waals surface area contributed by atoms with E-state index in [1.54, 1.807) is 20.3 Å². The lowest BCUT2D eigenvalue weighted by atomic mass is 9.98. The zero-order chi connectivity index (χ0) is 26.1. The Labute approximate surface area is 215 Å². The molecule has 4 aromatic rings. The number of methoxy groups -OCH3 is 2. The Hall–Kier alpha value is -4.33. The highest BCUT2D eigenvalue weighted by molar-refractivity contribution is 6.07. The molecule has 2 heterocycles. The number of hydrogen-bond acceptors (Lipinski definition) is 5. The van der Waals surface area contributed by atoms with E-state index in [1.807, 2.05) is 48.2 Å². The highest BCUT2D eigenvalue weighted by Crippen LogP contribution is 2.34. The minimum Gasteiger partial charge on any atom is -0.493 e. The van der Waals surface area contributed by atoms with Gasteiger partial charge in [-0.3, -0.25) is 9.59 Å². The Balaban J connectivity index is 1.57. The molecule has 5 rings (SSSR count). The first kappa shape index (κ1) is 24.4. The van der Waals surface area contributed by atoms with Gasteiger partial charge >= 0.3 is 0 Å². The molecule has 8 heteroatoms. The molecule has 1 N–H and O–H groups in total. The first-order valence-corrected chi connectivity index (χ1v) is 12.2. The molecule has 0 aliphatic carbocycles. The normalized spacial score (nSPS) is 12.8. The number of amides is 2. The van der Waals surface area contributed by atoms with Crippen LogP contribution in [-0.4, -0.2) is 47.0 Å². The largest absolute Gasteiger partial charge is 0.493 e. The van der Waals surface area contributed by atoms with Crippen LogP contribution >= 0.6 is 0 Å². The summed E-state index contributed by atoms with van der Waals surface area (Å²) in [6.45, 7) is 4.99. The molecule has 0 saturated carbocycles. The van der Waals surface area contributed by atoms with E-state index < -0.39 is 0 Å². The van der Waals surface area contributed by atoms with Gasteiger partial charge in [-0.05, 0) is 54.3 Å². The van der Waals surface area contributed by atoms with Gasteiger partial charge in [-0.25, -0.2) is 4.98 Å². The third-order valence-corrected chi connectivity index (χ3v) is 6.77. The Morgan fingerprint density at radius 3 is 2.38 bits per heavy atom. The van der Waals surface area contributed by atoms with Crippen LogP contribution in [-0.2, 0) is 24.3 Å². The number of aryl methyl sites for hydroxylation is 1. The summed E-state index contributed by atoms with van der Waals surface area (Å²) in [7, 11) is 3.23. The van der Waals surface area contributed by atoms with Crippen molar-refractivity contribution in [3.63, 3.8) is 0 Å². The smallest absolute Gasteiger partial charge is 0.256 e. The molecule has 0 radical (unpaired) electrons. The summed E-state index contributed by atoms with van der Waals surface area (Å²) in [5.74, 6) is 1.82. The van der Waals surface area contributed by atoms with E-state index in [-0.39, 0.29) is 11.8 Å². The van der Waals surface area contributed by atoms with E-state index in [1.165, 1.54) is 6.92 Å². The number of benzene rings is 3. The number of fused-ring (bicyclic) bond motifs is 2. The molecule has 0 atom stereocenters. The second kappa shape index (κ2) is 9.97. The summed E-state index contributed by atoms with van der Waals surface area (Å²) in [4.78, 5) is 32.5. The van der Waals surface area contributed by atoms with Gasteiger partial charge in [-0.1, -0.05) is 30.3 Å². The molecule has 1 aliphatic rings. The van der Waals surface area contributed by atoms with Crippen molar-refractivity contribution in [2.45, 2.75) is 33.4 Å². The molecule has 190 valence electrons. The van der Waals surface area contributed by atoms with Crippen molar-refractivity contribution in [1.82, 2.24) is 14.5 Å². The van der Waals surface area contributed by atoms with Crippen LogP contribution in [0.4, 0.5) is 5.69 Å². The van der Waals surface area contributed by atoms with E-state index in [0.717, 1.165) is 28.0 Å². The van der Waals surface area contributed by atoms with Crippen LogP contribution < -0.4 is 14.8 Å². The molecule has 1 aromatic heterocycles. The minimum atomic E-state index is -0.203. The molecule has 2 amide bonds. The maximum Gasteiger partial charge on any atom is 0.256 e. The van der Waals surface area contributed by atoms with Gasteiger partial charge in [0, 0.05) is 32.2 Å². The molecule has 0 saturated heterocycles. The molecule has 0 fully saturated rings. The number of rotatable bonds is 6. The van der Waals surface area contributed by atoms with Crippen molar-refractivity contribution >= 4 is 28.5 Å². The van der Waals surface area contributed by atoms with Crippen LogP contribution in [0, 0.1) is 6.92 Å². The molecule has 1 aliphatic heterocycles. The van der Waals surface area contributed by atoms with Gasteiger partial charge in [0.15, 0.2) is 11.5 Å². The molecular formula is C29H30N4O4. The number of nitrogens with zero attached hydrogens (tertiary/aromatic N) is 3. The predicted molar refractivity (Wildman–Crippen MR) is 142 cm³/mol. The minimum absolute atomic E-state index is 0.105. The Morgan fingerprint density at radius 1 is 1.00 bits per heavy atom. The monoisotopic (exact) mass is 498 g/mol. The third-order valence-electron chi connectivity index (χ3n) is 6.77. The number of carbonyl (C=O) groups excluding carboxylic acids is 2. The van der Waals surface area contributed by atoms with Crippen molar-refractivity contribution in [1.29, 1.82) is 0 Å². The van der Waals surface area contributed by atoms with E-state index in [4.69, 9.17) is 14.5 Å². The molecule has 37 heavy (non-hydrogen) atoms. The number of aromatic nitrogens is 2. The van der Waals surface area contributed by atoms with Gasteiger partial charge in [-0.2, -0.15) is 0 Å². The molecule has 0 spiro atoms. The van der Waals surface area contributed by atoms with Crippen LogP contribution in [0.15, 0.2) is 54.6 Å². The van der Waals surface area contributed by atoms with Gasteiger partial charge in [0.25, 0.3) is 5.91 Å². The van der Waals surface area contributed by atoms with E-state index >= 15 is 0 Å². The summed E-state index contributed by atoms with van der Waals surface area (Å²) in [5.41, 5.74) is 5.79. The van der Waals surface area contributed by atoms with Gasteiger partial charge in [0.05, 0.1) is 30.8 Å². The lowest BCUT2D eigenvalue weighted by Crippen LogP contribution is -2.36. The summed E-state index contributed by atoms with van der Waals surface area (Å²) in [5, 5.41) is 2.83. The fourth-order valence-electron chi connectivity index (χ4n) is 5.01. The molecule has 0 unspecified atom stereocenters. The maximum atomic E-state index is 14.1. The fourth-order valence-corrected chi connectivity index (χ4v) is 5.01. The van der Waals surface area contributed by atoms with Crippen molar-refractivity contribution in [2.75, 3.05) is 26.1 Å². The van der Waals surface area contributed by atoms with Crippen LogP contribution in [0.3, 0.4) is 0 Å². The second-order valence-electron chi connectivity index (χ2n) is 9.26. The predicted octanol–water partition coefficient (Wildman–Crippen LogP) is 4.57. The summed E-state index contributed by atoms with van der Waals surface area (Å²) < 4.78 is 13.0. The standard InChI is InChI=1S/C29H30N4O4/c1-18-30-25-15-23(31-19(2)34)14-24(28(25)33(18)16-20-8-6-5-7-9-20)29(35)32-11-10-21-12-26(36-3)27(37-4)13-22(21)17-32/h5-9,12-15H,10-11,16-17H2,1-4H3,(H,31,34). The maximum absolute atomic E-state index is 14.1. The zero-order valence-corrected chi connectivity index (χ0v) is 21.5. The number of nitrogens with one attached hydrogen (secondary N) is 1. The van der Waals surface area contributed by atoms with Gasteiger partial charge < -0.3 is 24.3 Å². The van der Waals surface area contributed by atoms with Crippen LogP contribution in [0.5, 0.6) is 11.5 Å². The summed E-state index contributed by atoms with van der Waals surface area (Å²) >= 11 is 0. The zero-order valence-electron chi connectivity index (χ0n) is 21.5. The number of ether oxygens (including phenoxy) is 2. The van der Waals surface area contributed by atoms with E-state index in [2.05, 4.69) is 22.0 Å². The molecule has 8 nitrogen and oxygen atoms in total. The lowest BCUT2D eigenvalue weighted by Gasteiger charge is -2.30. The number of carbonyl (C=O) groups is 2. The van der Waals surface area contributed by atoms with Crippen molar-refractivity contribution < 1.29 is 19.1 Å². The topological polar surface area (TPSA) is 85.7 Å². The van der Waals surface area contributed by atoms with Crippen molar-refractivity contribution in [3.8, 4) is 11.5 Å². The van der Waals surface area contributed by atoms with Gasteiger partial charge in [0.2, 0.25) is 5.91 Å². The number of hydrogen-bond donors (Lipinski definition) is 1. The fraction of sp³-hybridized carbons (Fsp3) is 0.276. The highest BCUT2D eigenvalue weighted by Gasteiger charge is 2.27. The van der Waals surface area contributed by atoms with Crippen molar-refractivity contribution in [2.24, 2.45) is 0 Å². The average Bonchev–Trinajstić information content (AvgIpc) is 3.21. The van der Waals surface area contributed by atoms with Crippen LogP contribution in [0.25, 0.3) is 11.0 Å². The lowest BCUT2D eigenvalue weighted by molar-refractivity contribution is -0.114. The number of anilines is 1. The van der Waals surface area contributed by atoms with Gasteiger partial charge in [-0.15, -0.1) is 0 Å². The van der Waals surface area contributed by atoms with Crippen LogP contribution in [0.2, 0.25) is 0 Å². The Kier molecular flexibility index (Phi) is 6.56. The quantitative estimate of drug-likeness (QED) is 0.421. The second-order valence-corrected chi connectivity index (χ2v) is 9.26. The highest BCUT2D eigenvalue weighted by atomic mass is 16.5. The average molecular weight is 499 g/mol. The third kappa shape index (κ3) is 4.74. The van der Waals surface area contributed by atoms with Crippen molar-refractivity contribution in [3.05, 3.63) is 82.7 Å². The number of imidazole rings is 1. The Morgan fingerprint density at radius 2 is 1.70 bits per heavy atom. The first-order valence-electron chi connectivity index (χ1n) is 12.2. The SMILES string of the molecule is COc1cc2c(cc1OC)CN(C(=O)c1cc(NC(C)=O)cc3nc(C)n(Cc4ccccc4)c13)CC2. The summed E-state index contributed by atoms with van der Waals surface area (Å²) in [6.07, 6.45) is 0.707. The molecular weight excluding hydrogens is 468 g/mol. The first-order chi connectivity index (χ1) is 17.9. The molecule has 0 bridgehead atoms. The Bertz CT molecular complexity index is 1490. The van der Waals surface area contributed by atoms with Crippen LogP contribution in [0.1, 0.15) is 39.8 Å². The van der Waals surface area contributed by atoms with E-state index in [9.17, 15) is 9.59 Å². The van der Waals surface area contributed by atoms with E-state index in [0.29, 0.717) is 54.3 Å². The summed E-state index contributed by atoms with van der Waals surface area (Å²) in [6, 6.07) is 17.6. The molecule has 3 aromatic carbocycles.